The smallest absolute Gasteiger partial charge is 0.335 e. The van der Waals surface area contributed by atoms with E-state index in [2.05, 4.69) is 26.6 Å². The van der Waals surface area contributed by atoms with Crippen LogP contribution in [-0.4, -0.2) is 37.5 Å². The number of amides is 5. The third-order valence-electron chi connectivity index (χ3n) is 5.88. The summed E-state index contributed by atoms with van der Waals surface area (Å²) < 4.78 is 11.5. The van der Waals surface area contributed by atoms with Gasteiger partial charge in [0.25, 0.3) is 17.7 Å². The fourth-order valence-electron chi connectivity index (χ4n) is 3.75. The summed E-state index contributed by atoms with van der Waals surface area (Å²) in [6, 6.07) is 12.0. The Kier molecular flexibility index (Phi) is 8.82. The van der Waals surface area contributed by atoms with Crippen molar-refractivity contribution in [2.24, 2.45) is 0 Å². The largest absolute Gasteiger partial charge is 0.493 e. The van der Waals surface area contributed by atoms with Gasteiger partial charge in [-0.1, -0.05) is 35.3 Å². The number of aryl methyl sites for hydroxylation is 2. The molecule has 206 valence electrons. The highest BCUT2D eigenvalue weighted by Gasteiger charge is 2.37. The number of carbonyl (C=O) groups is 4. The van der Waals surface area contributed by atoms with Crippen molar-refractivity contribution < 1.29 is 28.7 Å². The molecule has 40 heavy (non-hydrogen) atoms. The van der Waals surface area contributed by atoms with Gasteiger partial charge >= 0.3 is 6.03 Å². The topological polar surface area (TPSA) is 114 Å². The number of nitrogens with one attached hydrogen (secondary N) is 2. The van der Waals surface area contributed by atoms with Gasteiger partial charge in [-0.15, -0.1) is 0 Å². The summed E-state index contributed by atoms with van der Waals surface area (Å²) in [6.45, 7) is 3.30. The number of hydrogen-bond donors (Lipinski definition) is 2. The first-order valence-corrected chi connectivity index (χ1v) is 13.3. The first kappa shape index (κ1) is 29.1. The average Bonchev–Trinajstić information content (AvgIpc) is 2.89. The van der Waals surface area contributed by atoms with Crippen LogP contribution in [0.1, 0.15) is 16.7 Å². The summed E-state index contributed by atoms with van der Waals surface area (Å²) in [6.07, 6.45) is 1.32. The van der Waals surface area contributed by atoms with E-state index in [0.29, 0.717) is 25.8 Å². The van der Waals surface area contributed by atoms with E-state index in [0.717, 1.165) is 16.0 Å². The maximum absolute atomic E-state index is 13.2. The van der Waals surface area contributed by atoms with Crippen LogP contribution < -0.4 is 25.0 Å². The Morgan fingerprint density at radius 3 is 2.35 bits per heavy atom. The number of urea groups is 1. The van der Waals surface area contributed by atoms with Gasteiger partial charge in [-0.3, -0.25) is 19.7 Å². The van der Waals surface area contributed by atoms with Crippen LogP contribution in [0.5, 0.6) is 11.5 Å². The second-order valence-electron chi connectivity index (χ2n) is 8.73. The molecule has 4 rings (SSSR count). The Balaban J connectivity index is 1.56. The normalized spacial score (nSPS) is 14.3. The lowest BCUT2D eigenvalue weighted by atomic mass is 10.1. The summed E-state index contributed by atoms with van der Waals surface area (Å²) >= 11 is 15.7. The Morgan fingerprint density at radius 1 is 1.02 bits per heavy atom. The van der Waals surface area contributed by atoms with Crippen LogP contribution in [0.3, 0.4) is 0 Å². The Morgan fingerprint density at radius 2 is 1.70 bits per heavy atom. The maximum atomic E-state index is 13.2. The number of ether oxygens (including phenoxy) is 2. The van der Waals surface area contributed by atoms with Crippen molar-refractivity contribution in [2.45, 2.75) is 13.8 Å². The molecule has 1 fully saturated rings. The van der Waals surface area contributed by atoms with Gasteiger partial charge in [0.2, 0.25) is 0 Å². The molecule has 1 aliphatic heterocycles. The van der Waals surface area contributed by atoms with Crippen LogP contribution >= 0.6 is 39.1 Å². The van der Waals surface area contributed by atoms with Crippen molar-refractivity contribution >= 4 is 80.3 Å². The van der Waals surface area contributed by atoms with Crippen molar-refractivity contribution in [3.8, 4) is 11.5 Å². The lowest BCUT2D eigenvalue weighted by molar-refractivity contribution is -0.122. The quantitative estimate of drug-likeness (QED) is 0.238. The molecule has 0 spiro atoms. The predicted molar refractivity (Wildman–Crippen MR) is 156 cm³/mol. The summed E-state index contributed by atoms with van der Waals surface area (Å²) in [4.78, 5) is 51.6. The zero-order valence-electron chi connectivity index (χ0n) is 21.4. The minimum absolute atomic E-state index is 0.213. The molecule has 0 saturated carbocycles. The van der Waals surface area contributed by atoms with Gasteiger partial charge in [0.15, 0.2) is 18.1 Å². The lowest BCUT2D eigenvalue weighted by Crippen LogP contribution is -2.54. The molecule has 2 N–H and O–H groups in total. The molecule has 0 unspecified atom stereocenters. The van der Waals surface area contributed by atoms with Crippen LogP contribution in [0, 0.1) is 13.8 Å². The van der Waals surface area contributed by atoms with E-state index in [1.165, 1.54) is 25.3 Å². The molecule has 1 saturated heterocycles. The number of rotatable bonds is 7. The number of benzene rings is 3. The number of carbonyl (C=O) groups excluding carboxylic acids is 4. The second-order valence-corrected chi connectivity index (χ2v) is 10.4. The molecule has 12 heteroatoms. The highest BCUT2D eigenvalue weighted by molar-refractivity contribution is 9.10. The molecule has 0 aromatic heterocycles. The highest BCUT2D eigenvalue weighted by Crippen LogP contribution is 2.38. The monoisotopic (exact) mass is 645 g/mol. The van der Waals surface area contributed by atoms with Gasteiger partial charge in [-0.05, 0) is 88.9 Å². The van der Waals surface area contributed by atoms with Gasteiger partial charge in [0, 0.05) is 15.7 Å². The summed E-state index contributed by atoms with van der Waals surface area (Å²) in [5.41, 5.74) is 2.49. The molecule has 0 radical (unpaired) electrons. The average molecular weight is 647 g/mol. The van der Waals surface area contributed by atoms with Crippen molar-refractivity contribution in [3.05, 3.63) is 85.3 Å². The maximum Gasteiger partial charge on any atom is 0.335 e. The zero-order chi connectivity index (χ0) is 29.1. The predicted octanol–water partition coefficient (Wildman–Crippen LogP) is 6.07. The van der Waals surface area contributed by atoms with Crippen LogP contribution in [0.15, 0.2) is 58.6 Å². The van der Waals surface area contributed by atoms with E-state index in [-0.39, 0.29) is 29.4 Å². The highest BCUT2D eigenvalue weighted by atomic mass is 79.9. The number of imide groups is 2. The Bertz CT molecular complexity index is 1590. The van der Waals surface area contributed by atoms with E-state index in [4.69, 9.17) is 32.7 Å². The van der Waals surface area contributed by atoms with E-state index in [1.807, 2.05) is 6.92 Å². The molecule has 3 aromatic carbocycles. The molecule has 1 aliphatic rings. The third-order valence-corrected chi connectivity index (χ3v) is 7.28. The second kappa shape index (κ2) is 12.1. The van der Waals surface area contributed by atoms with Gasteiger partial charge in [-0.25, -0.2) is 9.69 Å². The van der Waals surface area contributed by atoms with E-state index >= 15 is 0 Å². The van der Waals surface area contributed by atoms with E-state index < -0.39 is 23.8 Å². The first-order valence-electron chi connectivity index (χ1n) is 11.7. The molecule has 5 amide bonds. The van der Waals surface area contributed by atoms with Crippen molar-refractivity contribution in [1.82, 2.24) is 5.32 Å². The molecule has 1 heterocycles. The lowest BCUT2D eigenvalue weighted by Gasteiger charge is -2.26. The SMILES string of the molecule is COc1cc(/C=C2\C(=O)NC(=O)N(c3ccc(C)c(Cl)c3)C2=O)cc(Br)c1OCC(=O)Nc1ccc(C)c(Cl)c1. The van der Waals surface area contributed by atoms with Gasteiger partial charge in [0.1, 0.15) is 5.57 Å². The minimum Gasteiger partial charge on any atom is -0.493 e. The fourth-order valence-corrected chi connectivity index (χ4v) is 4.68. The van der Waals surface area contributed by atoms with Crippen LogP contribution in [-0.2, 0) is 14.4 Å². The Labute approximate surface area is 248 Å². The number of nitrogens with zero attached hydrogens (tertiary/aromatic N) is 1. The number of methoxy groups -OCH3 is 1. The summed E-state index contributed by atoms with van der Waals surface area (Å²) in [7, 11) is 1.40. The number of barbiturate groups is 1. The van der Waals surface area contributed by atoms with Crippen LogP contribution in [0.2, 0.25) is 10.0 Å². The molecule has 9 nitrogen and oxygen atoms in total. The van der Waals surface area contributed by atoms with E-state index in [1.54, 1.807) is 43.3 Å². The van der Waals surface area contributed by atoms with Crippen LogP contribution in [0.25, 0.3) is 6.08 Å². The number of halogens is 3. The molecular weight excluding hydrogens is 625 g/mol. The zero-order valence-corrected chi connectivity index (χ0v) is 24.5. The third kappa shape index (κ3) is 6.30. The molecule has 3 aromatic rings. The van der Waals surface area contributed by atoms with E-state index in [9.17, 15) is 19.2 Å². The standard InChI is InChI=1S/C28H22BrCl2N3O6/c1-14-4-6-17(11-21(14)30)32-24(35)13-40-25-20(29)9-16(10-23(25)39-3)8-19-26(36)33-28(38)34(27(19)37)18-7-5-15(2)22(31)12-18/h4-12H,13H2,1-3H3,(H,32,35)(H,33,36,38)/b19-8+. The molecule has 0 atom stereocenters. The minimum atomic E-state index is -0.888. The van der Waals surface area contributed by atoms with Gasteiger partial charge in [0.05, 0.1) is 17.3 Å². The molecular formula is C28H22BrCl2N3O6. The number of anilines is 2. The van der Waals surface area contributed by atoms with Crippen molar-refractivity contribution in [2.75, 3.05) is 23.9 Å². The Hall–Kier alpha value is -3.86. The van der Waals surface area contributed by atoms with Crippen LogP contribution in [0.4, 0.5) is 16.2 Å². The van der Waals surface area contributed by atoms with Crippen molar-refractivity contribution in [1.29, 1.82) is 0 Å². The fraction of sp³-hybridized carbons (Fsp3) is 0.143. The molecule has 0 bridgehead atoms. The number of hydrogen-bond acceptors (Lipinski definition) is 6. The summed E-state index contributed by atoms with van der Waals surface area (Å²) in [5, 5.41) is 5.76. The van der Waals surface area contributed by atoms with Gasteiger partial charge in [-0.2, -0.15) is 0 Å². The first-order chi connectivity index (χ1) is 19.0. The molecule has 0 aliphatic carbocycles. The van der Waals surface area contributed by atoms with Crippen molar-refractivity contribution in [3.63, 3.8) is 0 Å². The van der Waals surface area contributed by atoms with Gasteiger partial charge < -0.3 is 14.8 Å². The summed E-state index contributed by atoms with van der Waals surface area (Å²) in [5.74, 6) is -1.64.